The molecule has 5 nitrogen and oxygen atoms in total. The minimum Gasteiger partial charge on any atom is -0.490 e. The number of hydrogen-bond acceptors (Lipinski definition) is 5. The van der Waals surface area contributed by atoms with Crippen molar-refractivity contribution in [3.8, 4) is 5.75 Å². The van der Waals surface area contributed by atoms with Gasteiger partial charge in [0.1, 0.15) is 19.0 Å². The van der Waals surface area contributed by atoms with E-state index in [0.717, 1.165) is 31.8 Å². The third kappa shape index (κ3) is 9.20. The van der Waals surface area contributed by atoms with Crippen molar-refractivity contribution in [3.63, 3.8) is 0 Å². The summed E-state index contributed by atoms with van der Waals surface area (Å²) >= 11 is 0. The lowest BCUT2D eigenvalue weighted by atomic mass is 9.94. The largest absolute Gasteiger partial charge is 0.490 e. The van der Waals surface area contributed by atoms with Crippen molar-refractivity contribution in [2.45, 2.75) is 47.1 Å². The number of nitrogens with zero attached hydrogens (tertiary/aromatic N) is 1. The lowest BCUT2D eigenvalue weighted by Crippen LogP contribution is -2.22. The maximum Gasteiger partial charge on any atom is 0.306 e. The highest BCUT2D eigenvalue weighted by atomic mass is 16.6. The summed E-state index contributed by atoms with van der Waals surface area (Å²) in [5, 5.41) is 0. The van der Waals surface area contributed by atoms with Crippen LogP contribution < -0.4 is 10.5 Å². The summed E-state index contributed by atoms with van der Waals surface area (Å²) in [6.07, 6.45) is 1.33. The molecule has 0 bridgehead atoms. The summed E-state index contributed by atoms with van der Waals surface area (Å²) in [5.41, 5.74) is 6.99. The molecule has 0 saturated carbocycles. The summed E-state index contributed by atoms with van der Waals surface area (Å²) in [6.45, 7) is 12.8. The van der Waals surface area contributed by atoms with Crippen LogP contribution in [0.5, 0.6) is 5.75 Å². The second-order valence-electron chi connectivity index (χ2n) is 7.11. The Balaban J connectivity index is 2.27. The van der Waals surface area contributed by atoms with E-state index >= 15 is 0 Å². The SMILES string of the molecule is CCN(CC)Cc1ccc(OCCOC(=O)CC(CN)CC(C)C)cc1. The molecule has 1 aromatic rings. The Hall–Kier alpha value is -1.59. The van der Waals surface area contributed by atoms with Gasteiger partial charge in [-0.1, -0.05) is 39.8 Å². The Kier molecular flexibility index (Phi) is 11.0. The molecule has 0 fully saturated rings. The molecule has 0 aliphatic carbocycles. The Morgan fingerprint density at radius 3 is 2.31 bits per heavy atom. The fourth-order valence-electron chi connectivity index (χ4n) is 2.94. The number of ether oxygens (including phenoxy) is 2. The average molecular weight is 365 g/mol. The molecule has 148 valence electrons. The molecule has 0 spiro atoms. The van der Waals surface area contributed by atoms with Crippen LogP contribution in [-0.2, 0) is 16.1 Å². The first kappa shape index (κ1) is 22.5. The lowest BCUT2D eigenvalue weighted by Gasteiger charge is -2.18. The summed E-state index contributed by atoms with van der Waals surface area (Å²) in [7, 11) is 0. The second-order valence-corrected chi connectivity index (χ2v) is 7.11. The molecule has 0 amide bonds. The Morgan fingerprint density at radius 1 is 1.12 bits per heavy atom. The molecule has 2 N–H and O–H groups in total. The second kappa shape index (κ2) is 12.7. The minimum absolute atomic E-state index is 0.195. The van der Waals surface area contributed by atoms with E-state index in [-0.39, 0.29) is 18.5 Å². The van der Waals surface area contributed by atoms with Crippen LogP contribution in [0.15, 0.2) is 24.3 Å². The van der Waals surface area contributed by atoms with Gasteiger partial charge in [-0.3, -0.25) is 9.69 Å². The maximum atomic E-state index is 11.9. The van der Waals surface area contributed by atoms with Crippen molar-refractivity contribution in [1.29, 1.82) is 0 Å². The van der Waals surface area contributed by atoms with Crippen molar-refractivity contribution < 1.29 is 14.3 Å². The fourth-order valence-corrected chi connectivity index (χ4v) is 2.94. The highest BCUT2D eigenvalue weighted by molar-refractivity contribution is 5.69. The van der Waals surface area contributed by atoms with Crippen LogP contribution in [0.25, 0.3) is 0 Å². The number of rotatable bonds is 13. The number of hydrogen-bond donors (Lipinski definition) is 1. The Bertz CT molecular complexity index is 498. The van der Waals surface area contributed by atoms with Gasteiger partial charge in [-0.25, -0.2) is 0 Å². The highest BCUT2D eigenvalue weighted by Crippen LogP contribution is 2.15. The predicted molar refractivity (Wildman–Crippen MR) is 106 cm³/mol. The van der Waals surface area contributed by atoms with E-state index < -0.39 is 0 Å². The summed E-state index contributed by atoms with van der Waals surface area (Å²) in [5.74, 6) is 1.33. The first-order valence-corrected chi connectivity index (χ1v) is 9.78. The Morgan fingerprint density at radius 2 is 1.77 bits per heavy atom. The number of nitrogens with two attached hydrogens (primary N) is 1. The number of carbonyl (C=O) groups is 1. The van der Waals surface area contributed by atoms with Gasteiger partial charge in [-0.05, 0) is 55.6 Å². The van der Waals surface area contributed by atoms with Gasteiger partial charge in [-0.2, -0.15) is 0 Å². The number of benzene rings is 1. The molecule has 5 heteroatoms. The van der Waals surface area contributed by atoms with Crippen LogP contribution in [0, 0.1) is 11.8 Å². The number of carbonyl (C=O) groups excluding carboxylic acids is 1. The molecule has 0 aromatic heterocycles. The van der Waals surface area contributed by atoms with Crippen LogP contribution in [0.3, 0.4) is 0 Å². The fraction of sp³-hybridized carbons (Fsp3) is 0.667. The van der Waals surface area contributed by atoms with Gasteiger partial charge in [0.2, 0.25) is 0 Å². The molecule has 1 aromatic carbocycles. The van der Waals surface area contributed by atoms with Gasteiger partial charge in [-0.15, -0.1) is 0 Å². The standard InChI is InChI=1S/C21H36N2O3/c1-5-23(6-2)16-18-7-9-20(10-8-18)25-11-12-26-21(24)14-19(15-22)13-17(3)4/h7-10,17,19H,5-6,11-16,22H2,1-4H3. The van der Waals surface area contributed by atoms with E-state index in [1.54, 1.807) is 0 Å². The van der Waals surface area contributed by atoms with Crippen molar-refractivity contribution in [3.05, 3.63) is 29.8 Å². The van der Waals surface area contributed by atoms with Gasteiger partial charge < -0.3 is 15.2 Å². The molecule has 1 unspecified atom stereocenters. The van der Waals surface area contributed by atoms with Gasteiger partial charge in [0.25, 0.3) is 0 Å². The first-order valence-electron chi connectivity index (χ1n) is 9.78. The lowest BCUT2D eigenvalue weighted by molar-refractivity contribution is -0.145. The smallest absolute Gasteiger partial charge is 0.306 e. The minimum atomic E-state index is -0.195. The molecule has 0 saturated heterocycles. The van der Waals surface area contributed by atoms with Gasteiger partial charge >= 0.3 is 5.97 Å². The summed E-state index contributed by atoms with van der Waals surface area (Å²) in [6, 6.07) is 8.09. The zero-order chi connectivity index (χ0) is 19.4. The molecule has 0 aliphatic rings. The van der Waals surface area contributed by atoms with Crippen LogP contribution in [-0.4, -0.2) is 43.7 Å². The van der Waals surface area contributed by atoms with Crippen LogP contribution in [0.4, 0.5) is 0 Å². The van der Waals surface area contributed by atoms with E-state index in [4.69, 9.17) is 15.2 Å². The molecule has 0 aliphatic heterocycles. The molecule has 0 radical (unpaired) electrons. The normalized spacial score (nSPS) is 12.4. The van der Waals surface area contributed by atoms with Crippen LogP contribution >= 0.6 is 0 Å². The van der Waals surface area contributed by atoms with Crippen LogP contribution in [0.2, 0.25) is 0 Å². The van der Waals surface area contributed by atoms with Crippen LogP contribution in [0.1, 0.15) is 46.1 Å². The molecular formula is C21H36N2O3. The van der Waals surface area contributed by atoms with Gasteiger partial charge in [0, 0.05) is 13.0 Å². The zero-order valence-electron chi connectivity index (χ0n) is 16.9. The average Bonchev–Trinajstić information content (AvgIpc) is 2.63. The third-order valence-corrected chi connectivity index (χ3v) is 4.43. The van der Waals surface area contributed by atoms with Gasteiger partial charge in [0.15, 0.2) is 0 Å². The molecular weight excluding hydrogens is 328 g/mol. The first-order chi connectivity index (χ1) is 12.5. The molecule has 0 heterocycles. The quantitative estimate of drug-likeness (QED) is 0.429. The topological polar surface area (TPSA) is 64.8 Å². The van der Waals surface area contributed by atoms with Crippen molar-refractivity contribution in [2.24, 2.45) is 17.6 Å². The monoisotopic (exact) mass is 364 g/mol. The van der Waals surface area contributed by atoms with E-state index in [1.165, 1.54) is 5.56 Å². The summed E-state index contributed by atoms with van der Waals surface area (Å²) < 4.78 is 10.9. The summed E-state index contributed by atoms with van der Waals surface area (Å²) in [4.78, 5) is 14.2. The maximum absolute atomic E-state index is 11.9. The predicted octanol–water partition coefficient (Wildman–Crippen LogP) is 3.46. The highest BCUT2D eigenvalue weighted by Gasteiger charge is 2.15. The van der Waals surface area contributed by atoms with Crippen molar-refractivity contribution in [1.82, 2.24) is 4.90 Å². The van der Waals surface area contributed by atoms with E-state index in [0.29, 0.717) is 25.5 Å². The van der Waals surface area contributed by atoms with Crippen molar-refractivity contribution >= 4 is 5.97 Å². The molecule has 1 rings (SSSR count). The third-order valence-electron chi connectivity index (χ3n) is 4.43. The van der Waals surface area contributed by atoms with Crippen molar-refractivity contribution in [2.75, 3.05) is 32.8 Å². The van der Waals surface area contributed by atoms with E-state index in [1.807, 2.05) is 12.1 Å². The number of esters is 1. The zero-order valence-corrected chi connectivity index (χ0v) is 16.9. The molecule has 1 atom stereocenters. The molecule has 26 heavy (non-hydrogen) atoms. The van der Waals surface area contributed by atoms with E-state index in [9.17, 15) is 4.79 Å². The Labute approximate surface area is 158 Å². The van der Waals surface area contributed by atoms with E-state index in [2.05, 4.69) is 44.7 Å². The van der Waals surface area contributed by atoms with Gasteiger partial charge in [0.05, 0.1) is 0 Å².